The third kappa shape index (κ3) is 3.43. The van der Waals surface area contributed by atoms with E-state index in [2.05, 4.69) is 26.0 Å². The third-order valence-corrected chi connectivity index (χ3v) is 8.91. The maximum absolute atomic E-state index is 14.1. The van der Waals surface area contributed by atoms with Crippen molar-refractivity contribution in [2.75, 3.05) is 5.09 Å². The molecule has 4 nitrogen and oxygen atoms in total. The van der Waals surface area contributed by atoms with Crippen LogP contribution in [-0.2, 0) is 17.4 Å². The first-order valence-corrected chi connectivity index (χ1v) is 11.5. The maximum Gasteiger partial charge on any atom is 0.255 e. The van der Waals surface area contributed by atoms with E-state index in [9.17, 15) is 4.57 Å². The Labute approximate surface area is 159 Å². The van der Waals surface area contributed by atoms with Crippen LogP contribution in [0, 0.1) is 0 Å². The summed E-state index contributed by atoms with van der Waals surface area (Å²) >= 11 is 4.97. The molecule has 2 aromatic heterocycles. The van der Waals surface area contributed by atoms with Crippen LogP contribution in [0.25, 0.3) is 0 Å². The first kappa shape index (κ1) is 17.0. The molecule has 1 aliphatic carbocycles. The van der Waals surface area contributed by atoms with Crippen molar-refractivity contribution in [3.63, 3.8) is 0 Å². The molecule has 0 radical (unpaired) electrons. The summed E-state index contributed by atoms with van der Waals surface area (Å²) in [7, 11) is -3.09. The van der Waals surface area contributed by atoms with Gasteiger partial charge >= 0.3 is 0 Å². The summed E-state index contributed by atoms with van der Waals surface area (Å²) in [5.74, 6) is 0.587. The average molecular weight is 434 g/mol. The Morgan fingerprint density at radius 3 is 2.60 bits per heavy atom. The summed E-state index contributed by atoms with van der Waals surface area (Å²) in [6.07, 6.45) is 6.07. The van der Waals surface area contributed by atoms with Crippen LogP contribution in [0.4, 0.5) is 5.82 Å². The highest BCUT2D eigenvalue weighted by Crippen LogP contribution is 2.45. The van der Waals surface area contributed by atoms with Crippen LogP contribution in [0.2, 0.25) is 0 Å². The van der Waals surface area contributed by atoms with Gasteiger partial charge in [-0.3, -0.25) is 4.57 Å². The minimum absolute atomic E-state index is 0.587. The van der Waals surface area contributed by atoms with Gasteiger partial charge in [0.15, 0.2) is 4.75 Å². The molecule has 0 saturated carbocycles. The lowest BCUT2D eigenvalue weighted by Gasteiger charge is -2.18. The highest BCUT2D eigenvalue weighted by atomic mass is 79.9. The van der Waals surface area contributed by atoms with Gasteiger partial charge in [-0.1, -0.05) is 18.2 Å². The first-order chi connectivity index (χ1) is 12.1. The van der Waals surface area contributed by atoms with Crippen molar-refractivity contribution in [2.24, 2.45) is 0 Å². The molecule has 1 aromatic carbocycles. The summed E-state index contributed by atoms with van der Waals surface area (Å²) in [5, 5.41) is 3.95. The highest BCUT2D eigenvalue weighted by Gasteiger charge is 2.33. The lowest BCUT2D eigenvalue weighted by atomic mass is 10.0. The largest absolute Gasteiger partial charge is 0.312 e. The number of aryl methyl sites for hydroxylation is 2. The molecule has 128 valence electrons. The third-order valence-electron chi connectivity index (χ3n) is 4.22. The van der Waals surface area contributed by atoms with Crippen LogP contribution in [0.1, 0.15) is 23.4 Å². The molecule has 0 saturated heterocycles. The van der Waals surface area contributed by atoms with Crippen molar-refractivity contribution in [2.45, 2.75) is 25.7 Å². The van der Waals surface area contributed by atoms with Crippen molar-refractivity contribution in [3.8, 4) is 0 Å². The van der Waals surface area contributed by atoms with Gasteiger partial charge in [-0.25, -0.2) is 9.97 Å². The van der Waals surface area contributed by atoms with E-state index < -0.39 is 7.29 Å². The normalized spacial score (nSPS) is 16.0. The predicted octanol–water partition coefficient (Wildman–Crippen LogP) is 4.52. The predicted molar refractivity (Wildman–Crippen MR) is 108 cm³/mol. The molecular weight excluding hydrogens is 417 g/mol. The second-order valence-electron chi connectivity index (χ2n) is 5.99. The highest BCUT2D eigenvalue weighted by molar-refractivity contribution is 9.10. The lowest BCUT2D eigenvalue weighted by molar-refractivity contribution is 0.589. The molecule has 7 heteroatoms. The van der Waals surface area contributed by atoms with E-state index in [0.29, 0.717) is 10.6 Å². The lowest BCUT2D eigenvalue weighted by Crippen LogP contribution is -2.22. The van der Waals surface area contributed by atoms with Crippen LogP contribution < -0.4 is 15.1 Å². The van der Waals surface area contributed by atoms with Crippen LogP contribution in [-0.4, -0.2) is 9.97 Å². The molecule has 25 heavy (non-hydrogen) atoms. The second-order valence-corrected chi connectivity index (χ2v) is 10.7. The summed E-state index contributed by atoms with van der Waals surface area (Å²) in [5.41, 5.74) is 1.12. The summed E-state index contributed by atoms with van der Waals surface area (Å²) in [6.45, 7) is 0. The first-order valence-electron chi connectivity index (χ1n) is 8.20. The van der Waals surface area contributed by atoms with E-state index in [0.717, 1.165) is 34.7 Å². The second kappa shape index (κ2) is 7.02. The number of halogens is 1. The molecule has 0 bridgehead atoms. The molecular formula is C18H17BrN3OPS. The van der Waals surface area contributed by atoms with E-state index in [-0.39, 0.29) is 0 Å². The van der Waals surface area contributed by atoms with Gasteiger partial charge in [0.1, 0.15) is 5.82 Å². The number of hydrogen-bond donors (Lipinski definition) is 1. The molecule has 0 spiro atoms. The van der Waals surface area contributed by atoms with Gasteiger partial charge < -0.3 is 5.09 Å². The molecule has 4 rings (SSSR count). The monoisotopic (exact) mass is 433 g/mol. The van der Waals surface area contributed by atoms with Crippen LogP contribution in [0.5, 0.6) is 0 Å². The van der Waals surface area contributed by atoms with Crippen LogP contribution in [0.3, 0.4) is 0 Å². The van der Waals surface area contributed by atoms with E-state index in [1.165, 1.54) is 11.3 Å². The minimum Gasteiger partial charge on any atom is -0.312 e. The Bertz CT molecular complexity index is 904. The molecule has 1 atom stereocenters. The molecule has 3 aromatic rings. The number of fused-ring (bicyclic) bond motifs is 1. The zero-order chi connectivity index (χ0) is 17.3. The number of nitrogens with one attached hydrogen (secondary N) is 1. The zero-order valence-electron chi connectivity index (χ0n) is 13.5. The molecule has 0 amide bonds. The van der Waals surface area contributed by atoms with Crippen molar-refractivity contribution < 1.29 is 4.57 Å². The molecule has 0 aliphatic heterocycles. The number of benzene rings is 1. The van der Waals surface area contributed by atoms with Crippen LogP contribution >= 0.6 is 34.6 Å². The van der Waals surface area contributed by atoms with Gasteiger partial charge in [-0.05, 0) is 65.9 Å². The van der Waals surface area contributed by atoms with Gasteiger partial charge in [-0.15, -0.1) is 11.3 Å². The summed E-state index contributed by atoms with van der Waals surface area (Å²) < 4.78 is 15.6. The Hall–Kier alpha value is -1.49. The number of aromatic nitrogens is 2. The Kier molecular flexibility index (Phi) is 4.76. The summed E-state index contributed by atoms with van der Waals surface area (Å²) in [6, 6.07) is 13.3. The number of anilines is 1. The van der Waals surface area contributed by atoms with Gasteiger partial charge in [0.05, 0.1) is 5.69 Å². The SMILES string of the molecule is O=P(Nc1ccc(Br)cn1)(c1ccccc1)c1nc2c(s1)CCCC2. The van der Waals surface area contributed by atoms with Crippen molar-refractivity contribution >= 4 is 50.4 Å². The number of pyridine rings is 1. The number of thiazole rings is 1. The van der Waals surface area contributed by atoms with Crippen molar-refractivity contribution in [3.05, 3.63) is 63.7 Å². The van der Waals surface area contributed by atoms with Gasteiger partial charge in [0.2, 0.25) is 0 Å². The topological polar surface area (TPSA) is 54.9 Å². The van der Waals surface area contributed by atoms with E-state index in [1.54, 1.807) is 17.5 Å². The average Bonchev–Trinajstić information content (AvgIpc) is 3.09. The number of nitrogens with zero attached hydrogens (tertiary/aromatic N) is 2. The van der Waals surface area contributed by atoms with Gasteiger partial charge in [-0.2, -0.15) is 0 Å². The quantitative estimate of drug-likeness (QED) is 0.614. The number of rotatable bonds is 4. The number of hydrogen-bond acceptors (Lipinski definition) is 4. The molecule has 0 fully saturated rings. The van der Waals surface area contributed by atoms with E-state index in [4.69, 9.17) is 4.98 Å². The Morgan fingerprint density at radius 2 is 1.88 bits per heavy atom. The van der Waals surface area contributed by atoms with Gasteiger partial charge in [0.25, 0.3) is 7.29 Å². The standard InChI is InChI=1S/C18H17BrN3OPS/c19-13-10-11-17(20-12-13)22-24(23,14-6-2-1-3-7-14)18-21-15-8-4-5-9-16(15)25-18/h1-3,6-7,10-12H,4-5,8-9H2,(H,20,22,23). The molecule has 1 N–H and O–H groups in total. The fourth-order valence-electron chi connectivity index (χ4n) is 2.94. The van der Waals surface area contributed by atoms with Gasteiger partial charge in [0, 0.05) is 20.9 Å². The fraction of sp³-hybridized carbons (Fsp3) is 0.222. The van der Waals surface area contributed by atoms with Crippen LogP contribution in [0.15, 0.2) is 53.1 Å². The fourth-order valence-corrected chi connectivity index (χ4v) is 7.11. The smallest absolute Gasteiger partial charge is 0.255 e. The minimum atomic E-state index is -3.09. The molecule has 1 aliphatic rings. The van der Waals surface area contributed by atoms with E-state index in [1.807, 2.05) is 42.5 Å². The summed E-state index contributed by atoms with van der Waals surface area (Å²) in [4.78, 5) is 10.4. The van der Waals surface area contributed by atoms with Crippen molar-refractivity contribution in [1.82, 2.24) is 9.97 Å². The molecule has 2 heterocycles. The van der Waals surface area contributed by atoms with E-state index >= 15 is 0 Å². The Morgan fingerprint density at radius 1 is 1.08 bits per heavy atom. The zero-order valence-corrected chi connectivity index (χ0v) is 16.8. The maximum atomic E-state index is 14.1. The van der Waals surface area contributed by atoms with Crippen molar-refractivity contribution in [1.29, 1.82) is 0 Å². The Balaban J connectivity index is 1.80. The molecule has 1 unspecified atom stereocenters.